The number of hydrogen-bond acceptors (Lipinski definition) is 4. The second-order valence-corrected chi connectivity index (χ2v) is 6.05. The van der Waals surface area contributed by atoms with Crippen LogP contribution in [-0.4, -0.2) is 37.4 Å². The summed E-state index contributed by atoms with van der Waals surface area (Å²) in [6.07, 6.45) is 2.70. The number of H-pyrrole nitrogens is 1. The van der Waals surface area contributed by atoms with Crippen LogP contribution in [-0.2, 0) is 12.8 Å². The maximum atomic E-state index is 11.0. The lowest BCUT2D eigenvalue weighted by Crippen LogP contribution is -2.38. The highest BCUT2D eigenvalue weighted by Crippen LogP contribution is 2.30. The van der Waals surface area contributed by atoms with Crippen LogP contribution in [0.3, 0.4) is 0 Å². The third-order valence-corrected chi connectivity index (χ3v) is 4.39. The molecule has 1 aromatic carbocycles. The molecule has 7 heteroatoms. The molecule has 0 saturated carbocycles. The van der Waals surface area contributed by atoms with Crippen LogP contribution in [0.5, 0.6) is 0 Å². The van der Waals surface area contributed by atoms with Crippen LogP contribution in [0.25, 0.3) is 22.8 Å². The van der Waals surface area contributed by atoms with Crippen LogP contribution >= 0.6 is 0 Å². The van der Waals surface area contributed by atoms with Gasteiger partial charge in [-0.25, -0.2) is 14.8 Å². The molecule has 0 bridgehead atoms. The summed E-state index contributed by atoms with van der Waals surface area (Å²) in [5.41, 5.74) is 4.51. The molecule has 1 amide bonds. The SMILES string of the molecule is O=C(O)NC1CCc2nc(-c3ccccc3)nc(-c3ccn[nH]3)c2C1. The Kier molecular flexibility index (Phi) is 3.89. The Hall–Kier alpha value is -3.22. The molecule has 0 spiro atoms. The smallest absolute Gasteiger partial charge is 0.404 e. The summed E-state index contributed by atoms with van der Waals surface area (Å²) in [5.74, 6) is 0.675. The van der Waals surface area contributed by atoms with Gasteiger partial charge in [0.05, 0.1) is 11.4 Å². The number of fused-ring (bicyclic) bond motifs is 1. The van der Waals surface area contributed by atoms with Crippen LogP contribution in [0.1, 0.15) is 17.7 Å². The number of hydrogen-bond donors (Lipinski definition) is 3. The largest absolute Gasteiger partial charge is 0.465 e. The highest BCUT2D eigenvalue weighted by molar-refractivity contribution is 5.67. The Balaban J connectivity index is 1.81. The Morgan fingerprint density at radius 2 is 2.04 bits per heavy atom. The van der Waals surface area contributed by atoms with E-state index in [1.807, 2.05) is 36.4 Å². The summed E-state index contributed by atoms with van der Waals surface area (Å²) < 4.78 is 0. The first kappa shape index (κ1) is 15.3. The molecule has 0 aliphatic heterocycles. The van der Waals surface area contributed by atoms with E-state index in [1.54, 1.807) is 6.20 Å². The molecule has 3 N–H and O–H groups in total. The first-order valence-corrected chi connectivity index (χ1v) is 8.15. The van der Waals surface area contributed by atoms with Gasteiger partial charge in [0.25, 0.3) is 0 Å². The molecule has 25 heavy (non-hydrogen) atoms. The van der Waals surface area contributed by atoms with Crippen LogP contribution in [0.2, 0.25) is 0 Å². The van der Waals surface area contributed by atoms with E-state index >= 15 is 0 Å². The third kappa shape index (κ3) is 3.08. The molecule has 7 nitrogen and oxygen atoms in total. The van der Waals surface area contributed by atoms with E-state index < -0.39 is 6.09 Å². The average Bonchev–Trinajstić information content (AvgIpc) is 3.15. The Labute approximate surface area is 144 Å². The quantitative estimate of drug-likeness (QED) is 0.682. The standard InChI is InChI=1S/C18H17N5O2/c24-18(25)20-12-6-7-14-13(10-12)16(15-8-9-19-23-15)22-17(21-14)11-4-2-1-3-5-11/h1-5,8-9,12,20H,6-7,10H2,(H,19,23)(H,24,25). The number of aromatic amines is 1. The zero-order chi connectivity index (χ0) is 17.2. The normalized spacial score (nSPS) is 16.2. The predicted octanol–water partition coefficient (Wildman–Crippen LogP) is 2.66. The van der Waals surface area contributed by atoms with Gasteiger partial charge < -0.3 is 10.4 Å². The minimum Gasteiger partial charge on any atom is -0.465 e. The topological polar surface area (TPSA) is 104 Å². The van der Waals surface area contributed by atoms with Crippen LogP contribution in [0.15, 0.2) is 42.6 Å². The number of carboxylic acid groups (broad SMARTS) is 1. The zero-order valence-electron chi connectivity index (χ0n) is 13.4. The predicted molar refractivity (Wildman–Crippen MR) is 92.0 cm³/mol. The number of nitrogens with one attached hydrogen (secondary N) is 2. The van der Waals surface area contributed by atoms with Gasteiger partial charge in [-0.1, -0.05) is 30.3 Å². The Morgan fingerprint density at radius 3 is 2.76 bits per heavy atom. The number of carbonyl (C=O) groups is 1. The fourth-order valence-electron chi connectivity index (χ4n) is 3.24. The van der Waals surface area contributed by atoms with E-state index in [2.05, 4.69) is 15.5 Å². The molecule has 1 atom stereocenters. The molecule has 2 aromatic heterocycles. The molecule has 4 rings (SSSR count). The number of amides is 1. The van der Waals surface area contributed by atoms with Crippen molar-refractivity contribution >= 4 is 6.09 Å². The monoisotopic (exact) mass is 335 g/mol. The highest BCUT2D eigenvalue weighted by atomic mass is 16.4. The molecule has 1 unspecified atom stereocenters. The van der Waals surface area contributed by atoms with Crippen molar-refractivity contribution in [1.29, 1.82) is 0 Å². The van der Waals surface area contributed by atoms with Gasteiger partial charge in [-0.3, -0.25) is 5.10 Å². The van der Waals surface area contributed by atoms with Crippen molar-refractivity contribution in [1.82, 2.24) is 25.5 Å². The molecule has 126 valence electrons. The van der Waals surface area contributed by atoms with Gasteiger partial charge in [-0.2, -0.15) is 5.10 Å². The summed E-state index contributed by atoms with van der Waals surface area (Å²) in [5, 5.41) is 18.6. The minimum absolute atomic E-state index is 0.127. The van der Waals surface area contributed by atoms with Crippen molar-refractivity contribution in [2.24, 2.45) is 0 Å². The fourth-order valence-corrected chi connectivity index (χ4v) is 3.24. The lowest BCUT2D eigenvalue weighted by atomic mass is 9.89. The summed E-state index contributed by atoms with van der Waals surface area (Å²) >= 11 is 0. The summed E-state index contributed by atoms with van der Waals surface area (Å²) in [6, 6.07) is 11.6. The molecule has 1 aliphatic rings. The number of aryl methyl sites for hydroxylation is 1. The maximum absolute atomic E-state index is 11.0. The van der Waals surface area contributed by atoms with Crippen molar-refractivity contribution in [2.45, 2.75) is 25.3 Å². The van der Waals surface area contributed by atoms with E-state index in [-0.39, 0.29) is 6.04 Å². The van der Waals surface area contributed by atoms with Crippen LogP contribution in [0, 0.1) is 0 Å². The molecule has 3 aromatic rings. The van der Waals surface area contributed by atoms with E-state index in [4.69, 9.17) is 15.1 Å². The van der Waals surface area contributed by atoms with Crippen molar-refractivity contribution in [3.05, 3.63) is 53.9 Å². The van der Waals surface area contributed by atoms with E-state index in [1.165, 1.54) is 0 Å². The van der Waals surface area contributed by atoms with Gasteiger partial charge in [0, 0.05) is 29.1 Å². The van der Waals surface area contributed by atoms with Crippen molar-refractivity contribution < 1.29 is 9.90 Å². The van der Waals surface area contributed by atoms with Crippen molar-refractivity contribution in [2.75, 3.05) is 0 Å². The Morgan fingerprint density at radius 1 is 1.20 bits per heavy atom. The molecular weight excluding hydrogens is 318 g/mol. The van der Waals surface area contributed by atoms with E-state index in [0.717, 1.165) is 34.6 Å². The second-order valence-electron chi connectivity index (χ2n) is 6.05. The summed E-state index contributed by atoms with van der Waals surface area (Å²) in [6.45, 7) is 0. The molecule has 0 saturated heterocycles. The van der Waals surface area contributed by atoms with E-state index in [0.29, 0.717) is 18.7 Å². The van der Waals surface area contributed by atoms with Crippen molar-refractivity contribution in [3.63, 3.8) is 0 Å². The Bertz CT molecular complexity index is 893. The summed E-state index contributed by atoms with van der Waals surface area (Å²) in [4.78, 5) is 20.5. The molecular formula is C18H17N5O2. The van der Waals surface area contributed by atoms with Gasteiger partial charge in [-0.05, 0) is 25.3 Å². The van der Waals surface area contributed by atoms with Crippen molar-refractivity contribution in [3.8, 4) is 22.8 Å². The third-order valence-electron chi connectivity index (χ3n) is 4.39. The first-order chi connectivity index (χ1) is 12.2. The van der Waals surface area contributed by atoms with Gasteiger partial charge >= 0.3 is 6.09 Å². The van der Waals surface area contributed by atoms with Crippen LogP contribution < -0.4 is 5.32 Å². The van der Waals surface area contributed by atoms with Crippen LogP contribution in [0.4, 0.5) is 4.79 Å². The van der Waals surface area contributed by atoms with Gasteiger partial charge in [-0.15, -0.1) is 0 Å². The molecule has 0 radical (unpaired) electrons. The number of nitrogens with zero attached hydrogens (tertiary/aromatic N) is 3. The molecule has 1 aliphatic carbocycles. The average molecular weight is 335 g/mol. The fraction of sp³-hybridized carbons (Fsp3) is 0.222. The highest BCUT2D eigenvalue weighted by Gasteiger charge is 2.26. The molecule has 2 heterocycles. The number of rotatable bonds is 3. The number of benzene rings is 1. The second kappa shape index (κ2) is 6.35. The van der Waals surface area contributed by atoms with Gasteiger partial charge in [0.15, 0.2) is 5.82 Å². The van der Waals surface area contributed by atoms with E-state index in [9.17, 15) is 4.79 Å². The number of aromatic nitrogens is 4. The minimum atomic E-state index is -1.00. The lowest BCUT2D eigenvalue weighted by Gasteiger charge is -2.25. The molecule has 0 fully saturated rings. The maximum Gasteiger partial charge on any atom is 0.404 e. The lowest BCUT2D eigenvalue weighted by molar-refractivity contribution is 0.188. The van der Waals surface area contributed by atoms with Gasteiger partial charge in [0.2, 0.25) is 0 Å². The van der Waals surface area contributed by atoms with Gasteiger partial charge in [0.1, 0.15) is 0 Å². The summed E-state index contributed by atoms with van der Waals surface area (Å²) in [7, 11) is 0. The zero-order valence-corrected chi connectivity index (χ0v) is 13.4. The first-order valence-electron chi connectivity index (χ1n) is 8.15.